The van der Waals surface area contributed by atoms with Gasteiger partial charge in [-0.2, -0.15) is 0 Å². The van der Waals surface area contributed by atoms with E-state index in [1.54, 1.807) is 0 Å². The van der Waals surface area contributed by atoms with E-state index < -0.39 is 0 Å². The third kappa shape index (κ3) is 2.86. The van der Waals surface area contributed by atoms with E-state index in [-0.39, 0.29) is 0 Å². The normalized spacial score (nSPS) is 16.7. The van der Waals surface area contributed by atoms with Gasteiger partial charge in [-0.25, -0.2) is 0 Å². The van der Waals surface area contributed by atoms with Crippen LogP contribution in [0.5, 0.6) is 0 Å². The first-order valence-corrected chi connectivity index (χ1v) is 3.59. The molecule has 0 spiro atoms. The van der Waals surface area contributed by atoms with Crippen molar-refractivity contribution >= 4 is 10.2 Å². The molecule has 0 saturated heterocycles. The second kappa shape index (κ2) is 1.99. The molecule has 0 saturated carbocycles. The minimum Gasteiger partial charge on any atom is -0.0652 e. The predicted molar refractivity (Wildman–Crippen MR) is 37.4 cm³/mol. The first-order valence-electron chi connectivity index (χ1n) is 2.77. The summed E-state index contributed by atoms with van der Waals surface area (Å²) in [6, 6.07) is 0. The number of rotatable bonds is 0. The smallest absolute Gasteiger partial charge is 0.0124 e. The van der Waals surface area contributed by atoms with Gasteiger partial charge in [-0.1, -0.05) is 33.2 Å². The van der Waals surface area contributed by atoms with E-state index in [9.17, 15) is 0 Å². The molecule has 0 aliphatic rings. The molecule has 0 aromatic rings. The molecule has 1 atom stereocenters. The van der Waals surface area contributed by atoms with E-state index >= 15 is 0 Å². The van der Waals surface area contributed by atoms with Gasteiger partial charge in [0.1, 0.15) is 0 Å². The fourth-order valence-electron chi connectivity index (χ4n) is 0. The van der Waals surface area contributed by atoms with Crippen molar-refractivity contribution in [2.24, 2.45) is 5.41 Å². The molecule has 43 valence electrons. The Morgan fingerprint density at radius 1 is 1.29 bits per heavy atom. The van der Waals surface area contributed by atoms with Crippen LogP contribution in [0.15, 0.2) is 0 Å². The summed E-state index contributed by atoms with van der Waals surface area (Å²) in [4.78, 5) is 0. The highest BCUT2D eigenvalue weighted by Crippen LogP contribution is 2.26. The Hall–Kier alpha value is 0.217. The summed E-state index contributed by atoms with van der Waals surface area (Å²) in [5, 5.41) is 0. The van der Waals surface area contributed by atoms with E-state index in [0.717, 1.165) is 5.54 Å². The van der Waals surface area contributed by atoms with Crippen molar-refractivity contribution < 1.29 is 0 Å². The first-order chi connectivity index (χ1) is 2.94. The fraction of sp³-hybridized carbons (Fsp3) is 1.00. The fourth-order valence-corrected chi connectivity index (χ4v) is 0. The van der Waals surface area contributed by atoms with Crippen LogP contribution >= 0.6 is 0 Å². The largest absolute Gasteiger partial charge is 0.0652 e. The average Bonchev–Trinajstić information content (AvgIpc) is 1.31. The van der Waals surface area contributed by atoms with E-state index in [0.29, 0.717) is 5.41 Å². The van der Waals surface area contributed by atoms with Gasteiger partial charge >= 0.3 is 0 Å². The van der Waals surface area contributed by atoms with Crippen LogP contribution in [0.3, 0.4) is 0 Å². The second-order valence-corrected chi connectivity index (χ2v) is 4.49. The average molecular weight is 115 g/mol. The highest BCUT2D eigenvalue weighted by molar-refractivity contribution is 6.11. The van der Waals surface area contributed by atoms with Gasteiger partial charge in [0.2, 0.25) is 0 Å². The van der Waals surface area contributed by atoms with Gasteiger partial charge in [0, 0.05) is 10.2 Å². The van der Waals surface area contributed by atoms with Crippen LogP contribution < -0.4 is 0 Å². The van der Waals surface area contributed by atoms with E-state index in [4.69, 9.17) is 0 Å². The van der Waals surface area contributed by atoms with Crippen LogP contribution in [0.4, 0.5) is 0 Å². The van der Waals surface area contributed by atoms with Gasteiger partial charge in [0.15, 0.2) is 0 Å². The van der Waals surface area contributed by atoms with Gasteiger partial charge < -0.3 is 0 Å². The lowest BCUT2D eigenvalue weighted by Gasteiger charge is -2.22. The quantitative estimate of drug-likeness (QED) is 0.419. The standard InChI is InChI=1S/C6H15Si/c1-5(7)6(2,3)4/h5H,7H2,1-4H3. The summed E-state index contributed by atoms with van der Waals surface area (Å²) >= 11 is 0. The lowest BCUT2D eigenvalue weighted by atomic mass is 9.93. The van der Waals surface area contributed by atoms with E-state index in [1.807, 2.05) is 0 Å². The Balaban J connectivity index is 3.54. The van der Waals surface area contributed by atoms with Crippen molar-refractivity contribution in [2.75, 3.05) is 0 Å². The van der Waals surface area contributed by atoms with Gasteiger partial charge in [-0.05, 0) is 5.41 Å². The summed E-state index contributed by atoms with van der Waals surface area (Å²) in [5.41, 5.74) is 1.34. The zero-order valence-corrected chi connectivity index (χ0v) is 7.20. The lowest BCUT2D eigenvalue weighted by Crippen LogP contribution is -2.10. The van der Waals surface area contributed by atoms with Crippen molar-refractivity contribution in [3.05, 3.63) is 0 Å². The predicted octanol–water partition coefficient (Wildman–Crippen LogP) is 1.47. The molecule has 7 heavy (non-hydrogen) atoms. The SMILES string of the molecule is CC([SiH2])C(C)(C)C. The molecule has 1 heteroatoms. The third-order valence-corrected chi connectivity index (χ3v) is 2.70. The summed E-state index contributed by atoms with van der Waals surface area (Å²) in [7, 11) is 2.07. The van der Waals surface area contributed by atoms with E-state index in [2.05, 4.69) is 37.9 Å². The molecule has 0 fully saturated rings. The number of hydrogen-bond donors (Lipinski definition) is 0. The molecule has 0 nitrogen and oxygen atoms in total. The molecule has 0 bridgehead atoms. The van der Waals surface area contributed by atoms with Gasteiger partial charge in [0.25, 0.3) is 0 Å². The zero-order valence-electron chi connectivity index (χ0n) is 5.78. The van der Waals surface area contributed by atoms with Crippen LogP contribution in [-0.4, -0.2) is 10.2 Å². The third-order valence-electron chi connectivity index (χ3n) is 1.48. The van der Waals surface area contributed by atoms with Gasteiger partial charge in [-0.3, -0.25) is 0 Å². The molecular formula is C6H15Si. The summed E-state index contributed by atoms with van der Waals surface area (Å²) in [6.07, 6.45) is 0. The highest BCUT2D eigenvalue weighted by atomic mass is 28.1. The first kappa shape index (κ1) is 7.22. The highest BCUT2D eigenvalue weighted by Gasteiger charge is 2.13. The Morgan fingerprint density at radius 3 is 1.43 bits per heavy atom. The molecule has 0 rings (SSSR count). The number of hydrogen-bond acceptors (Lipinski definition) is 0. The molecule has 0 amide bonds. The van der Waals surface area contributed by atoms with Gasteiger partial charge in [-0.15, -0.1) is 0 Å². The van der Waals surface area contributed by atoms with Crippen molar-refractivity contribution in [3.63, 3.8) is 0 Å². The van der Waals surface area contributed by atoms with Crippen LogP contribution in [-0.2, 0) is 0 Å². The molecule has 0 heterocycles. The molecule has 0 aromatic heterocycles. The minimum atomic E-state index is 0.512. The molecule has 1 unspecified atom stereocenters. The summed E-state index contributed by atoms with van der Waals surface area (Å²) in [6.45, 7) is 9.07. The zero-order chi connectivity index (χ0) is 6.08. The van der Waals surface area contributed by atoms with E-state index in [1.165, 1.54) is 0 Å². The molecule has 0 N–H and O–H groups in total. The maximum Gasteiger partial charge on any atom is 0.0124 e. The van der Waals surface area contributed by atoms with Crippen LogP contribution in [0.1, 0.15) is 27.7 Å². The molecule has 1 radical (unpaired) electrons. The van der Waals surface area contributed by atoms with Crippen molar-refractivity contribution in [2.45, 2.75) is 33.2 Å². The Bertz CT molecular complexity index is 49.7. The van der Waals surface area contributed by atoms with Crippen molar-refractivity contribution in [3.8, 4) is 0 Å². The van der Waals surface area contributed by atoms with Crippen molar-refractivity contribution in [1.82, 2.24) is 0 Å². The van der Waals surface area contributed by atoms with Crippen molar-refractivity contribution in [1.29, 1.82) is 0 Å². The van der Waals surface area contributed by atoms with Crippen LogP contribution in [0.2, 0.25) is 5.54 Å². The Kier molecular flexibility index (Phi) is 2.05. The molecule has 0 aliphatic carbocycles. The lowest BCUT2D eigenvalue weighted by molar-refractivity contribution is 0.398. The molecule has 0 aromatic carbocycles. The minimum absolute atomic E-state index is 0.512. The summed E-state index contributed by atoms with van der Waals surface area (Å²) < 4.78 is 0. The maximum absolute atomic E-state index is 2.27. The van der Waals surface area contributed by atoms with Gasteiger partial charge in [0.05, 0.1) is 0 Å². The second-order valence-electron chi connectivity index (χ2n) is 3.27. The topological polar surface area (TPSA) is 0 Å². The Morgan fingerprint density at radius 2 is 1.43 bits per heavy atom. The Labute approximate surface area is 49.7 Å². The maximum atomic E-state index is 2.27. The van der Waals surface area contributed by atoms with Crippen LogP contribution in [0.25, 0.3) is 0 Å². The monoisotopic (exact) mass is 115 g/mol. The molecule has 0 aliphatic heterocycles. The summed E-state index contributed by atoms with van der Waals surface area (Å²) in [5.74, 6) is 0. The van der Waals surface area contributed by atoms with Crippen LogP contribution in [0, 0.1) is 5.41 Å². The molecular weight excluding hydrogens is 100 g/mol.